The zero-order chi connectivity index (χ0) is 19.6. The summed E-state index contributed by atoms with van der Waals surface area (Å²) in [6, 6.07) is 7.70. The summed E-state index contributed by atoms with van der Waals surface area (Å²) < 4.78 is 38.7. The Morgan fingerprint density at radius 1 is 1.19 bits per heavy atom. The van der Waals surface area contributed by atoms with Crippen molar-refractivity contribution in [3.05, 3.63) is 41.7 Å². The molecule has 0 aliphatic carbocycles. The van der Waals surface area contributed by atoms with E-state index in [4.69, 9.17) is 14.7 Å². The van der Waals surface area contributed by atoms with Crippen molar-refractivity contribution in [3.63, 3.8) is 0 Å². The predicted molar refractivity (Wildman–Crippen MR) is 96.1 cm³/mol. The van der Waals surface area contributed by atoms with Gasteiger partial charge in [0.05, 0.1) is 18.7 Å². The first-order valence-corrected chi connectivity index (χ1v) is 9.77. The molecule has 9 heteroatoms. The highest BCUT2D eigenvalue weighted by Crippen LogP contribution is 2.29. The molecule has 0 unspecified atom stereocenters. The quantitative estimate of drug-likeness (QED) is 0.572. The topological polar surface area (TPSA) is 102 Å². The van der Waals surface area contributed by atoms with Crippen LogP contribution < -0.4 is 9.47 Å². The van der Waals surface area contributed by atoms with Gasteiger partial charge in [-0.05, 0) is 31.0 Å². The molecule has 0 N–H and O–H groups in total. The van der Waals surface area contributed by atoms with Crippen LogP contribution in [0.3, 0.4) is 0 Å². The number of aromatic nitrogens is 1. The molecule has 1 fully saturated rings. The van der Waals surface area contributed by atoms with Gasteiger partial charge in [0, 0.05) is 32.4 Å². The van der Waals surface area contributed by atoms with Crippen molar-refractivity contribution in [2.75, 3.05) is 20.2 Å². The molecule has 0 spiro atoms. The Morgan fingerprint density at radius 3 is 2.52 bits per heavy atom. The number of carbonyl (C=O) groups excluding carboxylic acids is 1. The molecule has 2 heterocycles. The molecular weight excluding hydrogens is 370 g/mol. The highest BCUT2D eigenvalue weighted by Gasteiger charge is 2.30. The summed E-state index contributed by atoms with van der Waals surface area (Å²) >= 11 is 0. The number of methoxy groups -OCH3 is 1. The second-order valence-corrected chi connectivity index (χ2v) is 8.09. The standard InChI is InChI=1S/C18H19N3O5S/c1-20-12-14(27(23,24)21-7-3-4-8-21)10-15(20)18(22)26-16-6-5-13(11-19)9-17(16)25-2/h5-6,9-10,12H,3-4,7-8H2,1-2H3. The third-order valence-corrected chi connectivity index (χ3v) is 6.25. The maximum atomic E-state index is 12.7. The second kappa shape index (κ2) is 7.42. The van der Waals surface area contributed by atoms with E-state index >= 15 is 0 Å². The van der Waals surface area contributed by atoms with Gasteiger partial charge in [0.1, 0.15) is 10.6 Å². The van der Waals surface area contributed by atoms with Crippen LogP contribution in [0.25, 0.3) is 0 Å². The van der Waals surface area contributed by atoms with Crippen molar-refractivity contribution in [1.82, 2.24) is 8.87 Å². The number of rotatable bonds is 5. The van der Waals surface area contributed by atoms with Crippen LogP contribution in [-0.2, 0) is 17.1 Å². The molecule has 1 aliphatic rings. The number of sulfonamides is 1. The van der Waals surface area contributed by atoms with Crippen molar-refractivity contribution in [2.24, 2.45) is 7.05 Å². The number of carbonyl (C=O) groups is 1. The van der Waals surface area contributed by atoms with E-state index in [1.54, 1.807) is 7.05 Å². The summed E-state index contributed by atoms with van der Waals surface area (Å²) in [6.45, 7) is 0.971. The molecular formula is C18H19N3O5S. The monoisotopic (exact) mass is 389 g/mol. The zero-order valence-electron chi connectivity index (χ0n) is 15.0. The van der Waals surface area contributed by atoms with Gasteiger partial charge in [0.15, 0.2) is 11.5 Å². The molecule has 0 amide bonds. The van der Waals surface area contributed by atoms with Crippen molar-refractivity contribution in [2.45, 2.75) is 17.7 Å². The number of nitriles is 1. The molecule has 2 aromatic rings. The van der Waals surface area contributed by atoms with E-state index in [0.29, 0.717) is 18.7 Å². The molecule has 1 saturated heterocycles. The lowest BCUT2D eigenvalue weighted by Crippen LogP contribution is -2.27. The van der Waals surface area contributed by atoms with Gasteiger partial charge in [-0.15, -0.1) is 0 Å². The predicted octanol–water partition coefficient (Wildman–Crippen LogP) is 1.91. The van der Waals surface area contributed by atoms with E-state index in [1.807, 2.05) is 6.07 Å². The third-order valence-electron chi connectivity index (χ3n) is 4.39. The van der Waals surface area contributed by atoms with Gasteiger partial charge in [-0.3, -0.25) is 0 Å². The second-order valence-electron chi connectivity index (χ2n) is 6.15. The number of nitrogens with zero attached hydrogens (tertiary/aromatic N) is 3. The number of hydrogen-bond donors (Lipinski definition) is 0. The van der Waals surface area contributed by atoms with E-state index in [1.165, 1.54) is 46.4 Å². The summed E-state index contributed by atoms with van der Waals surface area (Å²) in [5.74, 6) is -0.337. The molecule has 1 aromatic heterocycles. The van der Waals surface area contributed by atoms with E-state index in [2.05, 4.69) is 0 Å². The Hall–Kier alpha value is -2.83. The van der Waals surface area contributed by atoms with Crippen LogP contribution in [-0.4, -0.2) is 43.5 Å². The smallest absolute Gasteiger partial charge is 0.360 e. The molecule has 0 radical (unpaired) electrons. The average Bonchev–Trinajstić information content (AvgIpc) is 3.32. The van der Waals surface area contributed by atoms with Gasteiger partial charge >= 0.3 is 5.97 Å². The van der Waals surface area contributed by atoms with Gasteiger partial charge < -0.3 is 14.0 Å². The Kier molecular flexibility index (Phi) is 5.21. The van der Waals surface area contributed by atoms with Crippen LogP contribution >= 0.6 is 0 Å². The van der Waals surface area contributed by atoms with Crippen molar-refractivity contribution in [1.29, 1.82) is 5.26 Å². The van der Waals surface area contributed by atoms with Crippen molar-refractivity contribution < 1.29 is 22.7 Å². The van der Waals surface area contributed by atoms with E-state index in [9.17, 15) is 13.2 Å². The molecule has 27 heavy (non-hydrogen) atoms. The first-order valence-electron chi connectivity index (χ1n) is 8.33. The molecule has 8 nitrogen and oxygen atoms in total. The van der Waals surface area contributed by atoms with E-state index in [-0.39, 0.29) is 22.1 Å². The number of aryl methyl sites for hydroxylation is 1. The number of benzene rings is 1. The lowest BCUT2D eigenvalue weighted by molar-refractivity contribution is 0.0719. The highest BCUT2D eigenvalue weighted by molar-refractivity contribution is 7.89. The van der Waals surface area contributed by atoms with Crippen LogP contribution in [0.1, 0.15) is 28.9 Å². The molecule has 0 atom stereocenters. The fourth-order valence-electron chi connectivity index (χ4n) is 2.93. The highest BCUT2D eigenvalue weighted by atomic mass is 32.2. The van der Waals surface area contributed by atoms with Gasteiger partial charge in [-0.25, -0.2) is 13.2 Å². The number of esters is 1. The van der Waals surface area contributed by atoms with Crippen molar-refractivity contribution in [3.8, 4) is 17.6 Å². The van der Waals surface area contributed by atoms with Gasteiger partial charge in [-0.1, -0.05) is 0 Å². The maximum absolute atomic E-state index is 12.7. The first kappa shape index (κ1) is 18.9. The SMILES string of the molecule is COc1cc(C#N)ccc1OC(=O)c1cc(S(=O)(=O)N2CCCC2)cn1C. The largest absolute Gasteiger partial charge is 0.493 e. The van der Waals surface area contributed by atoms with Crippen LogP contribution in [0, 0.1) is 11.3 Å². The Labute approximate surface area is 157 Å². The Morgan fingerprint density at radius 2 is 1.89 bits per heavy atom. The Bertz CT molecular complexity index is 1010. The normalized spacial score (nSPS) is 14.7. The molecule has 142 valence electrons. The molecule has 3 rings (SSSR count). The third kappa shape index (κ3) is 3.67. The molecule has 0 saturated carbocycles. The molecule has 1 aromatic carbocycles. The fourth-order valence-corrected chi connectivity index (χ4v) is 4.52. The van der Waals surface area contributed by atoms with Crippen LogP contribution in [0.2, 0.25) is 0 Å². The minimum atomic E-state index is -3.62. The summed E-state index contributed by atoms with van der Waals surface area (Å²) in [7, 11) is -0.646. The summed E-state index contributed by atoms with van der Waals surface area (Å²) in [4.78, 5) is 12.6. The van der Waals surface area contributed by atoms with Crippen molar-refractivity contribution >= 4 is 16.0 Å². The zero-order valence-corrected chi connectivity index (χ0v) is 15.8. The van der Waals surface area contributed by atoms with Gasteiger partial charge in [0.2, 0.25) is 10.0 Å². The first-order chi connectivity index (χ1) is 12.9. The summed E-state index contributed by atoms with van der Waals surface area (Å²) in [5.41, 5.74) is 0.462. The maximum Gasteiger partial charge on any atom is 0.360 e. The van der Waals surface area contributed by atoms with E-state index < -0.39 is 16.0 Å². The lowest BCUT2D eigenvalue weighted by atomic mass is 10.2. The Balaban J connectivity index is 1.86. The number of hydrogen-bond acceptors (Lipinski definition) is 6. The lowest BCUT2D eigenvalue weighted by Gasteiger charge is -2.13. The van der Waals surface area contributed by atoms with Crippen LogP contribution in [0.4, 0.5) is 0 Å². The average molecular weight is 389 g/mol. The summed E-state index contributed by atoms with van der Waals surface area (Å²) in [5, 5.41) is 8.94. The summed E-state index contributed by atoms with van der Waals surface area (Å²) in [6.07, 6.45) is 3.07. The van der Waals surface area contributed by atoms with Gasteiger partial charge in [0.25, 0.3) is 0 Å². The fraction of sp³-hybridized carbons (Fsp3) is 0.333. The minimum Gasteiger partial charge on any atom is -0.493 e. The van der Waals surface area contributed by atoms with Gasteiger partial charge in [-0.2, -0.15) is 9.57 Å². The molecule has 1 aliphatic heterocycles. The molecule has 0 bridgehead atoms. The number of ether oxygens (including phenoxy) is 2. The van der Waals surface area contributed by atoms with Crippen LogP contribution in [0.5, 0.6) is 11.5 Å². The minimum absolute atomic E-state index is 0.0608. The van der Waals surface area contributed by atoms with E-state index in [0.717, 1.165) is 12.8 Å². The van der Waals surface area contributed by atoms with Crippen LogP contribution in [0.15, 0.2) is 35.4 Å².